The van der Waals surface area contributed by atoms with E-state index in [1.54, 1.807) is 12.1 Å². The summed E-state index contributed by atoms with van der Waals surface area (Å²) in [4.78, 5) is 0. The highest BCUT2D eigenvalue weighted by atomic mass is 35.5. The minimum absolute atomic E-state index is 0.511. The third-order valence-electron chi connectivity index (χ3n) is 2.74. The highest BCUT2D eigenvalue weighted by Crippen LogP contribution is 2.33. The van der Waals surface area contributed by atoms with Crippen molar-refractivity contribution < 1.29 is 0 Å². The Balaban J connectivity index is 2.19. The molecule has 2 rings (SSSR count). The van der Waals surface area contributed by atoms with Gasteiger partial charge >= 0.3 is 0 Å². The molecule has 1 aromatic heterocycles. The van der Waals surface area contributed by atoms with E-state index in [1.807, 2.05) is 17.7 Å². The quantitative estimate of drug-likeness (QED) is 0.879. The van der Waals surface area contributed by atoms with Gasteiger partial charge in [0.25, 0.3) is 0 Å². The van der Waals surface area contributed by atoms with Gasteiger partial charge in [0.05, 0.1) is 33.7 Å². The van der Waals surface area contributed by atoms with Gasteiger partial charge in [-0.1, -0.05) is 34.8 Å². The maximum Gasteiger partial charge on any atom is 0.0723 e. The third kappa shape index (κ3) is 3.35. The molecule has 0 saturated carbocycles. The van der Waals surface area contributed by atoms with Crippen molar-refractivity contribution in [2.75, 3.05) is 5.32 Å². The van der Waals surface area contributed by atoms with Gasteiger partial charge in [0.15, 0.2) is 0 Å². The van der Waals surface area contributed by atoms with Crippen LogP contribution in [-0.4, -0.2) is 9.78 Å². The number of aromatic nitrogens is 2. The molecule has 1 N–H and O–H groups in total. The van der Waals surface area contributed by atoms with Crippen LogP contribution in [0.15, 0.2) is 18.2 Å². The first-order chi connectivity index (χ1) is 9.01. The molecule has 0 atom stereocenters. The van der Waals surface area contributed by atoms with Gasteiger partial charge in [0.1, 0.15) is 0 Å². The summed E-state index contributed by atoms with van der Waals surface area (Å²) in [5, 5.41) is 9.16. The summed E-state index contributed by atoms with van der Waals surface area (Å²) in [6.07, 6.45) is 0. The van der Waals surface area contributed by atoms with Gasteiger partial charge in [-0.05, 0) is 32.0 Å². The van der Waals surface area contributed by atoms with Crippen LogP contribution in [0.4, 0.5) is 5.69 Å². The van der Waals surface area contributed by atoms with Gasteiger partial charge in [-0.2, -0.15) is 5.10 Å². The van der Waals surface area contributed by atoms with Crippen LogP contribution in [0.25, 0.3) is 0 Å². The number of nitrogens with zero attached hydrogens (tertiary/aromatic N) is 2. The molecule has 0 amide bonds. The van der Waals surface area contributed by atoms with Crippen molar-refractivity contribution in [1.29, 1.82) is 0 Å². The Bertz CT molecular complexity index is 570. The Morgan fingerprint density at radius 1 is 1.16 bits per heavy atom. The predicted molar refractivity (Wildman–Crippen MR) is 81.4 cm³/mol. The van der Waals surface area contributed by atoms with Crippen molar-refractivity contribution in [3.8, 4) is 0 Å². The topological polar surface area (TPSA) is 29.9 Å². The molecule has 3 nitrogen and oxygen atoms in total. The van der Waals surface area contributed by atoms with Gasteiger partial charge in [-0.15, -0.1) is 0 Å². The zero-order valence-corrected chi connectivity index (χ0v) is 12.9. The van der Waals surface area contributed by atoms with Crippen molar-refractivity contribution in [3.05, 3.63) is 44.7 Å². The fourth-order valence-corrected chi connectivity index (χ4v) is 2.86. The molecule has 0 aliphatic carbocycles. The lowest BCUT2D eigenvalue weighted by Crippen LogP contribution is -2.08. The third-order valence-corrected chi connectivity index (χ3v) is 3.55. The molecule has 0 radical (unpaired) electrons. The lowest BCUT2D eigenvalue weighted by molar-refractivity contribution is 0.623. The van der Waals surface area contributed by atoms with Crippen LogP contribution in [-0.2, 0) is 13.1 Å². The van der Waals surface area contributed by atoms with Crippen LogP contribution in [0.5, 0.6) is 0 Å². The normalized spacial score (nSPS) is 10.8. The smallest absolute Gasteiger partial charge is 0.0723 e. The molecule has 0 fully saturated rings. The van der Waals surface area contributed by atoms with E-state index in [0.717, 1.165) is 17.9 Å². The molecule has 0 unspecified atom stereocenters. The molecule has 0 aliphatic rings. The Morgan fingerprint density at radius 3 is 2.37 bits per heavy atom. The zero-order chi connectivity index (χ0) is 14.0. The molecule has 1 heterocycles. The summed E-state index contributed by atoms with van der Waals surface area (Å²) in [6.45, 7) is 5.46. The van der Waals surface area contributed by atoms with E-state index in [1.165, 1.54) is 0 Å². The number of aryl methyl sites for hydroxylation is 2. The summed E-state index contributed by atoms with van der Waals surface area (Å²) in [5.41, 5.74) is 2.77. The number of rotatable bonds is 4. The molecule has 6 heteroatoms. The highest BCUT2D eigenvalue weighted by Gasteiger charge is 2.09. The maximum atomic E-state index is 6.13. The van der Waals surface area contributed by atoms with E-state index in [0.29, 0.717) is 27.3 Å². The molecule has 2 aromatic rings. The molecule has 0 bridgehead atoms. The first-order valence-electron chi connectivity index (χ1n) is 5.93. The summed E-state index contributed by atoms with van der Waals surface area (Å²) in [5.74, 6) is 0. The molecule has 102 valence electrons. The zero-order valence-electron chi connectivity index (χ0n) is 10.7. The largest absolute Gasteiger partial charge is 0.377 e. The Morgan fingerprint density at radius 2 is 1.79 bits per heavy atom. The number of hydrogen-bond donors (Lipinski definition) is 1. The second kappa shape index (κ2) is 6.04. The Kier molecular flexibility index (Phi) is 4.61. The maximum absolute atomic E-state index is 6.13. The van der Waals surface area contributed by atoms with Crippen LogP contribution in [0.3, 0.4) is 0 Å². The van der Waals surface area contributed by atoms with E-state index in [-0.39, 0.29) is 0 Å². The minimum atomic E-state index is 0.511. The van der Waals surface area contributed by atoms with Gasteiger partial charge in [-0.3, -0.25) is 4.68 Å². The Labute approximate surface area is 127 Å². The van der Waals surface area contributed by atoms with Crippen molar-refractivity contribution in [2.45, 2.75) is 26.9 Å². The van der Waals surface area contributed by atoms with Crippen molar-refractivity contribution in [1.82, 2.24) is 9.78 Å². The Hall–Kier alpha value is -0.900. The standard InChI is InChI=1S/C13H14Cl3N3/c1-3-19-10(4-8(2)18-19)7-17-13-11(15)5-9(14)6-12(13)16/h4-6,17H,3,7H2,1-2H3. The van der Waals surface area contributed by atoms with E-state index in [2.05, 4.69) is 17.3 Å². The van der Waals surface area contributed by atoms with Crippen molar-refractivity contribution in [2.24, 2.45) is 0 Å². The monoisotopic (exact) mass is 317 g/mol. The number of anilines is 1. The number of nitrogens with one attached hydrogen (secondary N) is 1. The lowest BCUT2D eigenvalue weighted by atomic mass is 10.3. The fraction of sp³-hybridized carbons (Fsp3) is 0.308. The van der Waals surface area contributed by atoms with Crippen LogP contribution in [0.1, 0.15) is 18.3 Å². The number of hydrogen-bond acceptors (Lipinski definition) is 2. The number of benzene rings is 1. The summed E-state index contributed by atoms with van der Waals surface area (Å²) < 4.78 is 1.94. The van der Waals surface area contributed by atoms with E-state index >= 15 is 0 Å². The predicted octanol–water partition coefficient (Wildman–Crippen LogP) is 4.78. The van der Waals surface area contributed by atoms with E-state index < -0.39 is 0 Å². The van der Waals surface area contributed by atoms with E-state index in [4.69, 9.17) is 34.8 Å². The van der Waals surface area contributed by atoms with Crippen LogP contribution < -0.4 is 5.32 Å². The average molecular weight is 319 g/mol. The van der Waals surface area contributed by atoms with Crippen LogP contribution >= 0.6 is 34.8 Å². The summed E-state index contributed by atoms with van der Waals surface area (Å²) in [7, 11) is 0. The van der Waals surface area contributed by atoms with Crippen LogP contribution in [0, 0.1) is 6.92 Å². The fourth-order valence-electron chi connectivity index (χ4n) is 1.91. The van der Waals surface area contributed by atoms with Crippen molar-refractivity contribution >= 4 is 40.5 Å². The lowest BCUT2D eigenvalue weighted by Gasteiger charge is -2.11. The summed E-state index contributed by atoms with van der Waals surface area (Å²) >= 11 is 18.1. The average Bonchev–Trinajstić information content (AvgIpc) is 2.68. The first kappa shape index (κ1) is 14.5. The van der Waals surface area contributed by atoms with Gasteiger partial charge in [0.2, 0.25) is 0 Å². The minimum Gasteiger partial charge on any atom is -0.377 e. The molecule has 0 saturated heterocycles. The molecular weight excluding hydrogens is 305 g/mol. The second-order valence-corrected chi connectivity index (χ2v) is 5.44. The number of halogens is 3. The van der Waals surface area contributed by atoms with Gasteiger partial charge in [-0.25, -0.2) is 0 Å². The van der Waals surface area contributed by atoms with E-state index in [9.17, 15) is 0 Å². The van der Waals surface area contributed by atoms with Gasteiger partial charge in [0, 0.05) is 11.6 Å². The summed E-state index contributed by atoms with van der Waals surface area (Å²) in [6, 6.07) is 5.37. The SMILES string of the molecule is CCn1nc(C)cc1CNc1c(Cl)cc(Cl)cc1Cl. The molecule has 1 aromatic carbocycles. The van der Waals surface area contributed by atoms with Gasteiger partial charge < -0.3 is 5.32 Å². The highest BCUT2D eigenvalue weighted by molar-refractivity contribution is 6.41. The van der Waals surface area contributed by atoms with Crippen molar-refractivity contribution in [3.63, 3.8) is 0 Å². The van der Waals surface area contributed by atoms with Crippen LogP contribution in [0.2, 0.25) is 15.1 Å². The first-order valence-corrected chi connectivity index (χ1v) is 7.06. The molecule has 0 aliphatic heterocycles. The molecule has 19 heavy (non-hydrogen) atoms. The molecular formula is C13H14Cl3N3. The molecule has 0 spiro atoms. The second-order valence-electron chi connectivity index (χ2n) is 4.19.